The van der Waals surface area contributed by atoms with E-state index in [1.807, 2.05) is 0 Å². The van der Waals surface area contributed by atoms with Crippen molar-refractivity contribution in [1.82, 2.24) is 0 Å². The Morgan fingerprint density at radius 2 is 1.83 bits per heavy atom. The third-order valence-corrected chi connectivity index (χ3v) is 8.61. The van der Waals surface area contributed by atoms with Gasteiger partial charge in [0.25, 0.3) is 0 Å². The van der Waals surface area contributed by atoms with Crippen molar-refractivity contribution in [1.29, 1.82) is 0 Å². The molecule has 1 saturated carbocycles. The third kappa shape index (κ3) is 4.98. The molecule has 0 heterocycles. The van der Waals surface area contributed by atoms with Gasteiger partial charge < -0.3 is 5.11 Å². The molecule has 0 aromatic heterocycles. The Labute approximate surface area is 180 Å². The quantitative estimate of drug-likeness (QED) is 0.457. The lowest BCUT2D eigenvalue weighted by Crippen LogP contribution is -2.34. The van der Waals surface area contributed by atoms with Crippen molar-refractivity contribution in [2.45, 2.75) is 92.6 Å². The highest BCUT2D eigenvalue weighted by Crippen LogP contribution is 2.58. The first-order valence-electron chi connectivity index (χ1n) is 12.2. The molecule has 6 unspecified atom stereocenters. The molecule has 3 rings (SSSR count). The van der Waals surface area contributed by atoms with Gasteiger partial charge in [-0.15, -0.1) is 0 Å². The van der Waals surface area contributed by atoms with Crippen molar-refractivity contribution >= 4 is 0 Å². The van der Waals surface area contributed by atoms with Crippen LogP contribution in [0.1, 0.15) is 86.5 Å². The lowest BCUT2D eigenvalue weighted by atomic mass is 9.62. The number of aliphatic hydroxyl groups excluding tert-OH is 1. The number of allylic oxidation sites excluding steroid dienone is 7. The van der Waals surface area contributed by atoms with Crippen LogP contribution < -0.4 is 0 Å². The van der Waals surface area contributed by atoms with Crippen LogP contribution in [0.4, 0.5) is 0 Å². The van der Waals surface area contributed by atoms with E-state index in [9.17, 15) is 5.11 Å². The van der Waals surface area contributed by atoms with Gasteiger partial charge >= 0.3 is 0 Å². The Morgan fingerprint density at radius 3 is 2.55 bits per heavy atom. The summed E-state index contributed by atoms with van der Waals surface area (Å²) in [5, 5.41) is 10.1. The zero-order valence-corrected chi connectivity index (χ0v) is 19.7. The summed E-state index contributed by atoms with van der Waals surface area (Å²) in [4.78, 5) is 0. The summed E-state index contributed by atoms with van der Waals surface area (Å²) >= 11 is 0. The molecule has 0 radical (unpaired) electrons. The van der Waals surface area contributed by atoms with E-state index in [0.717, 1.165) is 31.1 Å². The van der Waals surface area contributed by atoms with Gasteiger partial charge in [-0.1, -0.05) is 70.6 Å². The van der Waals surface area contributed by atoms with Crippen LogP contribution in [-0.2, 0) is 0 Å². The van der Waals surface area contributed by atoms with E-state index < -0.39 is 0 Å². The molecule has 1 nitrogen and oxygen atoms in total. The largest absolute Gasteiger partial charge is 0.393 e. The Kier molecular flexibility index (Phi) is 7.31. The minimum Gasteiger partial charge on any atom is -0.393 e. The van der Waals surface area contributed by atoms with Gasteiger partial charge in [0.1, 0.15) is 0 Å². The Morgan fingerprint density at radius 1 is 1.07 bits per heavy atom. The molecule has 3 aliphatic carbocycles. The van der Waals surface area contributed by atoms with Gasteiger partial charge in [-0.05, 0) is 98.0 Å². The maximum atomic E-state index is 10.1. The minimum atomic E-state index is -0.152. The van der Waals surface area contributed by atoms with Crippen molar-refractivity contribution in [3.63, 3.8) is 0 Å². The van der Waals surface area contributed by atoms with Gasteiger partial charge in [-0.2, -0.15) is 0 Å². The summed E-state index contributed by atoms with van der Waals surface area (Å²) < 4.78 is 0. The molecule has 0 aromatic rings. The van der Waals surface area contributed by atoms with Crippen LogP contribution in [0.5, 0.6) is 0 Å². The first kappa shape index (κ1) is 22.6. The van der Waals surface area contributed by atoms with E-state index in [-0.39, 0.29) is 6.10 Å². The number of rotatable bonds is 6. The zero-order valence-electron chi connectivity index (χ0n) is 19.7. The van der Waals surface area contributed by atoms with Gasteiger partial charge in [-0.3, -0.25) is 0 Å². The van der Waals surface area contributed by atoms with Crippen LogP contribution >= 0.6 is 0 Å². The third-order valence-electron chi connectivity index (χ3n) is 8.61. The highest BCUT2D eigenvalue weighted by Gasteiger charge is 2.49. The minimum absolute atomic E-state index is 0.152. The Balaban J connectivity index is 1.73. The Bertz CT molecular complexity index is 691. The van der Waals surface area contributed by atoms with E-state index in [2.05, 4.69) is 71.9 Å². The number of fused-ring (bicyclic) bond motifs is 1. The molecular formula is C28H44O. The van der Waals surface area contributed by atoms with Crippen LogP contribution in [0.2, 0.25) is 0 Å². The summed E-state index contributed by atoms with van der Waals surface area (Å²) in [5.41, 5.74) is 4.82. The molecule has 0 spiro atoms. The molecule has 3 aliphatic rings. The molecule has 29 heavy (non-hydrogen) atoms. The standard InChI is InChI=1S/C28H44O/c1-19(2)20(3)9-10-22(5)26-15-16-27-23(8-7-17-28(26,27)6)12-13-24-18-25(29)14-11-21(24)4/h8-10,12-13,19-20,22,25-27,29H,7,11,14-18H2,1-6H3. The van der Waals surface area contributed by atoms with Crippen LogP contribution in [0, 0.1) is 35.0 Å². The average Bonchev–Trinajstić information content (AvgIpc) is 3.04. The molecule has 0 amide bonds. The molecule has 0 bridgehead atoms. The summed E-state index contributed by atoms with van der Waals surface area (Å²) in [5.74, 6) is 3.53. The van der Waals surface area contributed by atoms with Gasteiger partial charge in [0.15, 0.2) is 0 Å². The molecule has 1 fully saturated rings. The molecule has 6 atom stereocenters. The van der Waals surface area contributed by atoms with Crippen LogP contribution in [-0.4, -0.2) is 11.2 Å². The summed E-state index contributed by atoms with van der Waals surface area (Å²) in [7, 11) is 0. The predicted molar refractivity (Wildman–Crippen MR) is 126 cm³/mol. The normalized spacial score (nSPS) is 35.4. The lowest BCUT2D eigenvalue weighted by Gasteiger charge is -2.42. The van der Waals surface area contributed by atoms with Crippen molar-refractivity contribution in [3.8, 4) is 0 Å². The average molecular weight is 397 g/mol. The summed E-state index contributed by atoms with van der Waals surface area (Å²) in [6, 6.07) is 0. The fraction of sp³-hybridized carbons (Fsp3) is 0.714. The van der Waals surface area contributed by atoms with Crippen LogP contribution in [0.25, 0.3) is 0 Å². The zero-order chi connectivity index (χ0) is 21.2. The molecule has 0 aliphatic heterocycles. The van der Waals surface area contributed by atoms with Crippen LogP contribution in [0.3, 0.4) is 0 Å². The summed E-state index contributed by atoms with van der Waals surface area (Å²) in [6.45, 7) is 14.2. The molecule has 162 valence electrons. The molecule has 1 N–H and O–H groups in total. The SMILES string of the molecule is CC1=C(C=CC2=CCCC3(C)C2CCC3C(C)C=CC(C)C(C)C)CC(O)CC1. The highest BCUT2D eigenvalue weighted by molar-refractivity contribution is 5.36. The van der Waals surface area contributed by atoms with Gasteiger partial charge in [0.2, 0.25) is 0 Å². The topological polar surface area (TPSA) is 20.2 Å². The first-order chi connectivity index (χ1) is 13.7. The first-order valence-corrected chi connectivity index (χ1v) is 12.2. The Hall–Kier alpha value is -1.08. The molecule has 0 aromatic carbocycles. The fourth-order valence-corrected chi connectivity index (χ4v) is 6.10. The number of hydrogen-bond acceptors (Lipinski definition) is 1. The molecule has 1 heteroatoms. The van der Waals surface area contributed by atoms with Gasteiger partial charge in [0.05, 0.1) is 6.10 Å². The highest BCUT2D eigenvalue weighted by atomic mass is 16.3. The molecule has 0 saturated heterocycles. The number of hydrogen-bond donors (Lipinski definition) is 1. The van der Waals surface area contributed by atoms with Crippen molar-refractivity contribution < 1.29 is 5.11 Å². The summed E-state index contributed by atoms with van der Waals surface area (Å²) in [6.07, 6.45) is 20.1. The van der Waals surface area contributed by atoms with Crippen molar-refractivity contribution in [2.24, 2.45) is 35.0 Å². The van der Waals surface area contributed by atoms with Crippen molar-refractivity contribution in [2.75, 3.05) is 0 Å². The van der Waals surface area contributed by atoms with Gasteiger partial charge in [-0.25, -0.2) is 0 Å². The fourth-order valence-electron chi connectivity index (χ4n) is 6.10. The second-order valence-electron chi connectivity index (χ2n) is 10.9. The van der Waals surface area contributed by atoms with E-state index in [1.165, 1.54) is 36.8 Å². The smallest absolute Gasteiger partial charge is 0.0583 e. The van der Waals surface area contributed by atoms with E-state index in [4.69, 9.17) is 0 Å². The number of aliphatic hydroxyl groups is 1. The predicted octanol–water partition coefficient (Wildman–Crippen LogP) is 7.64. The van der Waals surface area contributed by atoms with E-state index in [1.54, 1.807) is 5.57 Å². The van der Waals surface area contributed by atoms with Crippen LogP contribution in [0.15, 0.2) is 47.1 Å². The maximum absolute atomic E-state index is 10.1. The molecular weight excluding hydrogens is 352 g/mol. The lowest BCUT2D eigenvalue weighted by molar-refractivity contribution is 0.129. The van der Waals surface area contributed by atoms with Crippen molar-refractivity contribution in [3.05, 3.63) is 47.1 Å². The van der Waals surface area contributed by atoms with E-state index >= 15 is 0 Å². The van der Waals surface area contributed by atoms with E-state index in [0.29, 0.717) is 23.2 Å². The second-order valence-corrected chi connectivity index (χ2v) is 10.9. The maximum Gasteiger partial charge on any atom is 0.0583 e. The monoisotopic (exact) mass is 396 g/mol. The van der Waals surface area contributed by atoms with Gasteiger partial charge in [0, 0.05) is 0 Å². The second kappa shape index (κ2) is 9.38.